The van der Waals surface area contributed by atoms with Crippen molar-refractivity contribution in [3.8, 4) is 0 Å². The van der Waals surface area contributed by atoms with Gasteiger partial charge in [0.25, 0.3) is 0 Å². The molecular weight excluding hydrogens is 226 g/mol. The zero-order valence-corrected chi connectivity index (χ0v) is 10.8. The molecule has 0 radical (unpaired) electrons. The van der Waals surface area contributed by atoms with Gasteiger partial charge in [-0.15, -0.1) is 0 Å². The molecule has 0 bridgehead atoms. The van der Waals surface area contributed by atoms with Crippen molar-refractivity contribution in [1.29, 1.82) is 0 Å². The van der Waals surface area contributed by atoms with Crippen LogP contribution in [0, 0.1) is 5.92 Å². The second kappa shape index (κ2) is 7.52. The highest BCUT2D eigenvalue weighted by Gasteiger charge is 2.13. The second-order valence-corrected chi connectivity index (χ2v) is 5.00. The Bertz CT molecular complexity index is 323. The van der Waals surface area contributed by atoms with Crippen molar-refractivity contribution < 1.29 is 9.84 Å². The van der Waals surface area contributed by atoms with Crippen LogP contribution in [0.5, 0.6) is 0 Å². The maximum Gasteiger partial charge on any atom is 0.102 e. The summed E-state index contributed by atoms with van der Waals surface area (Å²) in [7, 11) is 0. The lowest BCUT2D eigenvalue weighted by Crippen LogP contribution is -2.30. The van der Waals surface area contributed by atoms with Gasteiger partial charge in [0.15, 0.2) is 0 Å². The van der Waals surface area contributed by atoms with Crippen molar-refractivity contribution in [2.24, 2.45) is 5.92 Å². The van der Waals surface area contributed by atoms with Crippen LogP contribution in [0.25, 0.3) is 0 Å². The Balaban J connectivity index is 1.60. The van der Waals surface area contributed by atoms with Crippen LogP contribution < -0.4 is 5.32 Å². The molecular formula is C15H23NO2. The molecule has 1 aromatic carbocycles. The molecule has 1 aromatic rings. The molecule has 0 amide bonds. The van der Waals surface area contributed by atoms with E-state index in [1.165, 1.54) is 12.8 Å². The molecule has 1 aliphatic rings. The van der Waals surface area contributed by atoms with E-state index in [4.69, 9.17) is 4.74 Å². The van der Waals surface area contributed by atoms with Crippen LogP contribution in [0.1, 0.15) is 30.9 Å². The highest BCUT2D eigenvalue weighted by atomic mass is 16.5. The molecule has 0 spiro atoms. The van der Waals surface area contributed by atoms with Crippen LogP contribution in [0.2, 0.25) is 0 Å². The second-order valence-electron chi connectivity index (χ2n) is 5.00. The van der Waals surface area contributed by atoms with Gasteiger partial charge in [-0.3, -0.25) is 0 Å². The lowest BCUT2D eigenvalue weighted by molar-refractivity contribution is 0.0295. The average molecular weight is 249 g/mol. The predicted octanol–water partition coefficient (Wildman–Crippen LogP) is 2.13. The molecule has 3 heteroatoms. The summed E-state index contributed by atoms with van der Waals surface area (Å²) in [4.78, 5) is 0. The van der Waals surface area contributed by atoms with E-state index >= 15 is 0 Å². The normalized spacial score (nSPS) is 21.7. The van der Waals surface area contributed by atoms with Gasteiger partial charge in [0.1, 0.15) is 6.10 Å². The number of hydrogen-bond acceptors (Lipinski definition) is 3. The quantitative estimate of drug-likeness (QED) is 0.759. The van der Waals surface area contributed by atoms with Crippen LogP contribution in [0.4, 0.5) is 0 Å². The summed E-state index contributed by atoms with van der Waals surface area (Å²) >= 11 is 0. The maximum atomic E-state index is 9.92. The molecule has 2 rings (SSSR count). The summed E-state index contributed by atoms with van der Waals surface area (Å²) in [5.41, 5.74) is 0.928. The van der Waals surface area contributed by atoms with Gasteiger partial charge in [-0.2, -0.15) is 0 Å². The maximum absolute atomic E-state index is 9.92. The number of aliphatic hydroxyl groups is 1. The molecule has 3 nitrogen and oxygen atoms in total. The van der Waals surface area contributed by atoms with Crippen LogP contribution in [0.3, 0.4) is 0 Å². The molecule has 100 valence electrons. The first kappa shape index (κ1) is 13.5. The summed E-state index contributed by atoms with van der Waals surface area (Å²) in [6.07, 6.45) is 3.17. The molecule has 18 heavy (non-hydrogen) atoms. The van der Waals surface area contributed by atoms with Gasteiger partial charge in [0.2, 0.25) is 0 Å². The van der Waals surface area contributed by atoms with Crippen LogP contribution in [0.15, 0.2) is 30.3 Å². The Labute approximate surface area is 109 Å². The van der Waals surface area contributed by atoms with Gasteiger partial charge < -0.3 is 15.2 Å². The zero-order valence-electron chi connectivity index (χ0n) is 10.8. The molecule has 1 heterocycles. The fourth-order valence-electron chi connectivity index (χ4n) is 2.39. The lowest BCUT2D eigenvalue weighted by Gasteiger charge is -2.22. The number of piperidine rings is 1. The predicted molar refractivity (Wildman–Crippen MR) is 72.4 cm³/mol. The Morgan fingerprint density at radius 2 is 2.17 bits per heavy atom. The fourth-order valence-corrected chi connectivity index (χ4v) is 2.39. The summed E-state index contributed by atoms with van der Waals surface area (Å²) in [5, 5.41) is 13.3. The van der Waals surface area contributed by atoms with Gasteiger partial charge in [-0.25, -0.2) is 0 Å². The van der Waals surface area contributed by atoms with E-state index in [0.717, 1.165) is 37.6 Å². The van der Waals surface area contributed by atoms with Crippen molar-refractivity contribution in [1.82, 2.24) is 5.32 Å². The van der Waals surface area contributed by atoms with Gasteiger partial charge in [0.05, 0.1) is 6.61 Å². The van der Waals surface area contributed by atoms with Crippen LogP contribution in [-0.2, 0) is 4.74 Å². The Hall–Kier alpha value is -0.900. The van der Waals surface area contributed by atoms with E-state index in [0.29, 0.717) is 6.61 Å². The highest BCUT2D eigenvalue weighted by molar-refractivity contribution is 5.17. The van der Waals surface area contributed by atoms with Crippen molar-refractivity contribution in [2.75, 3.05) is 26.3 Å². The van der Waals surface area contributed by atoms with Gasteiger partial charge in [-0.1, -0.05) is 30.3 Å². The van der Waals surface area contributed by atoms with E-state index in [1.54, 1.807) is 0 Å². The molecule has 2 atom stereocenters. The third-order valence-corrected chi connectivity index (χ3v) is 3.53. The first-order valence-corrected chi connectivity index (χ1v) is 6.88. The van der Waals surface area contributed by atoms with E-state index in [2.05, 4.69) is 5.32 Å². The number of hydrogen-bond donors (Lipinski definition) is 2. The number of aliphatic hydroxyl groups excluding tert-OH is 1. The molecule has 1 aliphatic heterocycles. The third kappa shape index (κ3) is 4.41. The minimum absolute atomic E-state index is 0.393. The smallest absolute Gasteiger partial charge is 0.102 e. The topological polar surface area (TPSA) is 41.5 Å². The summed E-state index contributed by atoms with van der Waals surface area (Å²) in [6.45, 7) is 3.41. The largest absolute Gasteiger partial charge is 0.386 e. The van der Waals surface area contributed by atoms with Crippen LogP contribution >= 0.6 is 0 Å². The van der Waals surface area contributed by atoms with E-state index in [1.807, 2.05) is 30.3 Å². The Morgan fingerprint density at radius 3 is 2.89 bits per heavy atom. The standard InChI is InChI=1S/C15H23NO2/c17-15(14-6-2-1-3-7-14)12-18-10-8-13-5-4-9-16-11-13/h1-3,6-7,13,15-17H,4-5,8-12H2. The van der Waals surface area contributed by atoms with E-state index < -0.39 is 6.10 Å². The molecule has 2 N–H and O–H groups in total. The number of nitrogens with one attached hydrogen (secondary N) is 1. The van der Waals surface area contributed by atoms with Crippen LogP contribution in [-0.4, -0.2) is 31.4 Å². The molecule has 1 saturated heterocycles. The van der Waals surface area contributed by atoms with Gasteiger partial charge in [-0.05, 0) is 43.8 Å². The summed E-state index contributed by atoms with van der Waals surface area (Å²) < 4.78 is 5.57. The minimum atomic E-state index is -0.504. The molecule has 0 aromatic heterocycles. The summed E-state index contributed by atoms with van der Waals surface area (Å²) in [5.74, 6) is 0.743. The fraction of sp³-hybridized carbons (Fsp3) is 0.600. The number of ether oxygens (including phenoxy) is 1. The van der Waals surface area contributed by atoms with Crippen molar-refractivity contribution in [3.63, 3.8) is 0 Å². The molecule has 1 fully saturated rings. The number of rotatable bonds is 6. The van der Waals surface area contributed by atoms with Crippen molar-refractivity contribution in [3.05, 3.63) is 35.9 Å². The highest BCUT2D eigenvalue weighted by Crippen LogP contribution is 2.15. The first-order valence-electron chi connectivity index (χ1n) is 6.88. The van der Waals surface area contributed by atoms with E-state index in [-0.39, 0.29) is 0 Å². The molecule has 2 unspecified atom stereocenters. The Kier molecular flexibility index (Phi) is 5.65. The zero-order chi connectivity index (χ0) is 12.6. The molecule has 0 aliphatic carbocycles. The Morgan fingerprint density at radius 1 is 1.33 bits per heavy atom. The first-order chi connectivity index (χ1) is 8.86. The third-order valence-electron chi connectivity index (χ3n) is 3.53. The SMILES string of the molecule is OC(COCCC1CCCNC1)c1ccccc1. The average Bonchev–Trinajstić information content (AvgIpc) is 2.45. The summed E-state index contributed by atoms with van der Waals surface area (Å²) in [6, 6.07) is 9.68. The van der Waals surface area contributed by atoms with Gasteiger partial charge >= 0.3 is 0 Å². The van der Waals surface area contributed by atoms with Gasteiger partial charge in [0, 0.05) is 6.61 Å². The minimum Gasteiger partial charge on any atom is -0.386 e. The van der Waals surface area contributed by atoms with Crippen molar-refractivity contribution in [2.45, 2.75) is 25.4 Å². The lowest BCUT2D eigenvalue weighted by atomic mass is 9.97. The van der Waals surface area contributed by atoms with Crippen molar-refractivity contribution >= 4 is 0 Å². The molecule has 0 saturated carbocycles. The number of benzene rings is 1. The van der Waals surface area contributed by atoms with E-state index in [9.17, 15) is 5.11 Å². The monoisotopic (exact) mass is 249 g/mol.